The van der Waals surface area contributed by atoms with E-state index in [-0.39, 0.29) is 11.6 Å². The lowest BCUT2D eigenvalue weighted by Gasteiger charge is -2.06. The summed E-state index contributed by atoms with van der Waals surface area (Å²) in [6, 6.07) is 10.6. The lowest BCUT2D eigenvalue weighted by atomic mass is 10.2. The lowest BCUT2D eigenvalue weighted by molar-refractivity contribution is 0.626. The second kappa shape index (κ2) is 5.50. The van der Waals surface area contributed by atoms with Crippen molar-refractivity contribution in [3.8, 4) is 0 Å². The number of rotatable bonds is 3. The molecule has 94 valence electrons. The van der Waals surface area contributed by atoms with Gasteiger partial charge in [-0.2, -0.15) is 0 Å². The van der Waals surface area contributed by atoms with Crippen LogP contribution in [0.2, 0.25) is 5.02 Å². The Bertz CT molecular complexity index is 586. The molecule has 5 heteroatoms. The van der Waals surface area contributed by atoms with E-state index in [2.05, 4.69) is 0 Å². The highest BCUT2D eigenvalue weighted by Gasteiger charge is 2.08. The Labute approximate surface area is 112 Å². The van der Waals surface area contributed by atoms with Gasteiger partial charge in [0, 0.05) is 15.6 Å². The Hall–Kier alpha value is -1.39. The number of halogens is 2. The van der Waals surface area contributed by atoms with Gasteiger partial charge in [-0.3, -0.25) is 4.21 Å². The zero-order valence-electron chi connectivity index (χ0n) is 9.40. The zero-order chi connectivity index (χ0) is 13.1. The Morgan fingerprint density at radius 1 is 1.17 bits per heavy atom. The molecule has 0 spiro atoms. The number of anilines is 1. The average molecular weight is 284 g/mol. The maximum Gasteiger partial charge on any atom is 0.123 e. The highest BCUT2D eigenvalue weighted by molar-refractivity contribution is 7.84. The van der Waals surface area contributed by atoms with Gasteiger partial charge in [-0.05, 0) is 48.0 Å². The second-order valence-electron chi connectivity index (χ2n) is 3.79. The minimum atomic E-state index is -1.27. The molecule has 0 aliphatic heterocycles. The molecule has 0 bridgehead atoms. The smallest absolute Gasteiger partial charge is 0.123 e. The Morgan fingerprint density at radius 2 is 1.83 bits per heavy atom. The fourth-order valence-corrected chi connectivity index (χ4v) is 2.84. The molecule has 0 fully saturated rings. The molecule has 0 amide bonds. The van der Waals surface area contributed by atoms with Crippen LogP contribution in [0.25, 0.3) is 0 Å². The fraction of sp³-hybridized carbons (Fsp3) is 0.0769. The van der Waals surface area contributed by atoms with Crippen LogP contribution in [0.3, 0.4) is 0 Å². The fourth-order valence-electron chi connectivity index (χ4n) is 1.51. The summed E-state index contributed by atoms with van der Waals surface area (Å²) in [5.74, 6) is -0.0871. The van der Waals surface area contributed by atoms with Crippen LogP contribution in [0.4, 0.5) is 10.1 Å². The Morgan fingerprint density at radius 3 is 2.50 bits per heavy atom. The summed E-state index contributed by atoms with van der Waals surface area (Å²) in [6.45, 7) is 0. The van der Waals surface area contributed by atoms with Gasteiger partial charge in [0.2, 0.25) is 0 Å². The van der Waals surface area contributed by atoms with E-state index in [0.717, 1.165) is 5.56 Å². The molecule has 1 unspecified atom stereocenters. The Balaban J connectivity index is 2.21. The van der Waals surface area contributed by atoms with Crippen LogP contribution in [0, 0.1) is 5.82 Å². The number of hydrogen-bond acceptors (Lipinski definition) is 2. The first-order chi connectivity index (χ1) is 8.56. The molecule has 0 aliphatic rings. The molecule has 2 aromatic rings. The third-order valence-corrected chi connectivity index (χ3v) is 4.07. The molecule has 0 saturated carbocycles. The molecule has 2 N–H and O–H groups in total. The van der Waals surface area contributed by atoms with Crippen molar-refractivity contribution in [3.63, 3.8) is 0 Å². The van der Waals surface area contributed by atoms with Gasteiger partial charge in [0.1, 0.15) is 5.82 Å². The van der Waals surface area contributed by atoms with Gasteiger partial charge in [0.05, 0.1) is 16.6 Å². The molecule has 1 atom stereocenters. The quantitative estimate of drug-likeness (QED) is 0.878. The van der Waals surface area contributed by atoms with Crippen molar-refractivity contribution < 1.29 is 8.60 Å². The minimum absolute atomic E-state index is 0.262. The first-order valence-electron chi connectivity index (χ1n) is 5.24. The highest BCUT2D eigenvalue weighted by atomic mass is 35.5. The molecule has 2 nitrogen and oxygen atoms in total. The zero-order valence-corrected chi connectivity index (χ0v) is 11.0. The monoisotopic (exact) mass is 283 g/mol. The predicted octanol–water partition coefficient (Wildman–Crippen LogP) is 3.37. The molecular formula is C13H11ClFNOS. The summed E-state index contributed by atoms with van der Waals surface area (Å²) in [6.07, 6.45) is 0. The van der Waals surface area contributed by atoms with Gasteiger partial charge < -0.3 is 5.73 Å². The van der Waals surface area contributed by atoms with Crippen molar-refractivity contribution in [1.82, 2.24) is 0 Å². The summed E-state index contributed by atoms with van der Waals surface area (Å²) < 4.78 is 24.8. The normalized spacial score (nSPS) is 12.3. The van der Waals surface area contributed by atoms with Crippen molar-refractivity contribution in [3.05, 3.63) is 58.9 Å². The van der Waals surface area contributed by atoms with E-state index in [4.69, 9.17) is 17.3 Å². The van der Waals surface area contributed by atoms with E-state index in [9.17, 15) is 8.60 Å². The van der Waals surface area contributed by atoms with Crippen LogP contribution in [-0.2, 0) is 16.6 Å². The van der Waals surface area contributed by atoms with Crippen LogP contribution in [0.5, 0.6) is 0 Å². The van der Waals surface area contributed by atoms with Gasteiger partial charge >= 0.3 is 0 Å². The lowest BCUT2D eigenvalue weighted by Crippen LogP contribution is -2.00. The van der Waals surface area contributed by atoms with Gasteiger partial charge in [-0.1, -0.05) is 11.6 Å². The molecule has 0 heterocycles. The van der Waals surface area contributed by atoms with Crippen molar-refractivity contribution in [2.24, 2.45) is 0 Å². The van der Waals surface area contributed by atoms with E-state index in [1.807, 2.05) is 0 Å². The molecule has 0 aliphatic carbocycles. The SMILES string of the molecule is Nc1ccc(Cl)cc1CS(=O)c1ccc(F)cc1. The number of nitrogens with two attached hydrogens (primary N) is 1. The maximum atomic E-state index is 12.8. The number of hydrogen-bond donors (Lipinski definition) is 1. The van der Waals surface area contributed by atoms with Gasteiger partial charge in [-0.25, -0.2) is 4.39 Å². The predicted molar refractivity (Wildman–Crippen MR) is 72.4 cm³/mol. The van der Waals surface area contributed by atoms with Crippen molar-refractivity contribution in [2.45, 2.75) is 10.6 Å². The van der Waals surface area contributed by atoms with E-state index in [1.165, 1.54) is 24.3 Å². The van der Waals surface area contributed by atoms with Crippen LogP contribution in [-0.4, -0.2) is 4.21 Å². The highest BCUT2D eigenvalue weighted by Crippen LogP contribution is 2.21. The second-order valence-corrected chi connectivity index (χ2v) is 5.67. The summed E-state index contributed by atoms with van der Waals surface area (Å²) in [7, 11) is -1.27. The van der Waals surface area contributed by atoms with Crippen molar-refractivity contribution in [2.75, 3.05) is 5.73 Å². The van der Waals surface area contributed by atoms with Gasteiger partial charge in [0.25, 0.3) is 0 Å². The largest absolute Gasteiger partial charge is 0.398 e. The van der Waals surface area contributed by atoms with Gasteiger partial charge in [-0.15, -0.1) is 0 Å². The number of benzene rings is 2. The summed E-state index contributed by atoms with van der Waals surface area (Å²) in [5.41, 5.74) is 7.06. The molecule has 18 heavy (non-hydrogen) atoms. The third-order valence-electron chi connectivity index (χ3n) is 2.47. The van der Waals surface area contributed by atoms with E-state index in [1.54, 1.807) is 18.2 Å². The molecule has 0 radical (unpaired) electrons. The van der Waals surface area contributed by atoms with Crippen LogP contribution in [0.15, 0.2) is 47.4 Å². The molecular weight excluding hydrogens is 273 g/mol. The van der Waals surface area contributed by atoms with Crippen molar-refractivity contribution in [1.29, 1.82) is 0 Å². The van der Waals surface area contributed by atoms with E-state index in [0.29, 0.717) is 15.6 Å². The third kappa shape index (κ3) is 3.09. The minimum Gasteiger partial charge on any atom is -0.398 e. The van der Waals surface area contributed by atoms with Crippen molar-refractivity contribution >= 4 is 28.1 Å². The molecule has 2 aromatic carbocycles. The molecule has 0 aromatic heterocycles. The van der Waals surface area contributed by atoms with Gasteiger partial charge in [0.15, 0.2) is 0 Å². The van der Waals surface area contributed by atoms with Crippen LogP contribution < -0.4 is 5.73 Å². The summed E-state index contributed by atoms with van der Waals surface area (Å²) in [5, 5.41) is 0.551. The topological polar surface area (TPSA) is 43.1 Å². The first kappa shape index (κ1) is 13.1. The van der Waals surface area contributed by atoms with Crippen LogP contribution in [0.1, 0.15) is 5.56 Å². The summed E-state index contributed by atoms with van der Waals surface area (Å²) in [4.78, 5) is 0.566. The van der Waals surface area contributed by atoms with E-state index >= 15 is 0 Å². The molecule has 0 saturated heterocycles. The standard InChI is InChI=1S/C13H11ClFNOS/c14-10-1-6-13(16)9(7-10)8-18(17)12-4-2-11(15)3-5-12/h1-7H,8,16H2. The average Bonchev–Trinajstić information content (AvgIpc) is 2.34. The first-order valence-corrected chi connectivity index (χ1v) is 6.94. The Kier molecular flexibility index (Phi) is 3.99. The van der Waals surface area contributed by atoms with Crippen LogP contribution >= 0.6 is 11.6 Å². The number of nitrogen functional groups attached to an aromatic ring is 1. The molecule has 2 rings (SSSR count). The van der Waals surface area contributed by atoms with E-state index < -0.39 is 10.8 Å². The maximum absolute atomic E-state index is 12.8. The summed E-state index contributed by atoms with van der Waals surface area (Å²) >= 11 is 5.86.